The maximum absolute atomic E-state index is 4.53. The van der Waals surface area contributed by atoms with Crippen LogP contribution in [0.25, 0.3) is 5.69 Å². The summed E-state index contributed by atoms with van der Waals surface area (Å²) >= 11 is 0. The van der Waals surface area contributed by atoms with Crippen molar-refractivity contribution in [2.24, 2.45) is 0 Å². The molecule has 0 aliphatic rings. The number of aromatic nitrogens is 2. The molecule has 0 radical (unpaired) electrons. The lowest BCUT2D eigenvalue weighted by atomic mass is 10.1. The molecule has 0 aliphatic carbocycles. The molecule has 19 heavy (non-hydrogen) atoms. The highest BCUT2D eigenvalue weighted by Gasteiger charge is 2.06. The zero-order valence-corrected chi connectivity index (χ0v) is 12.5. The molecule has 102 valence electrons. The van der Waals surface area contributed by atoms with E-state index < -0.39 is 0 Å². The van der Waals surface area contributed by atoms with Gasteiger partial charge in [-0.1, -0.05) is 19.9 Å². The minimum atomic E-state index is 0.509. The first-order valence-corrected chi connectivity index (χ1v) is 6.84. The maximum Gasteiger partial charge on any atom is 0.0651 e. The lowest BCUT2D eigenvalue weighted by Crippen LogP contribution is -2.22. The first-order valence-electron chi connectivity index (χ1n) is 6.84. The van der Waals surface area contributed by atoms with E-state index in [1.807, 2.05) is 11.6 Å². The predicted octanol–water partition coefficient (Wildman–Crippen LogP) is 3.30. The Morgan fingerprint density at radius 1 is 1.16 bits per heavy atom. The second kappa shape index (κ2) is 5.57. The SMILES string of the molecule is Cc1cc(C)n(-c2ccc(CNC(C)C)c(C)c2)n1. The van der Waals surface area contributed by atoms with Gasteiger partial charge < -0.3 is 5.32 Å². The van der Waals surface area contributed by atoms with Crippen LogP contribution in [0.3, 0.4) is 0 Å². The van der Waals surface area contributed by atoms with Crippen LogP contribution in [-0.4, -0.2) is 15.8 Å². The molecular weight excluding hydrogens is 234 g/mol. The summed E-state index contributed by atoms with van der Waals surface area (Å²) in [5.74, 6) is 0. The number of nitrogens with one attached hydrogen (secondary N) is 1. The van der Waals surface area contributed by atoms with Crippen molar-refractivity contribution in [1.29, 1.82) is 0 Å². The quantitative estimate of drug-likeness (QED) is 0.911. The predicted molar refractivity (Wildman–Crippen MR) is 79.8 cm³/mol. The number of hydrogen-bond acceptors (Lipinski definition) is 2. The van der Waals surface area contributed by atoms with Gasteiger partial charge in [-0.2, -0.15) is 5.10 Å². The third-order valence-electron chi connectivity index (χ3n) is 3.28. The fourth-order valence-electron chi connectivity index (χ4n) is 2.21. The van der Waals surface area contributed by atoms with Crippen LogP contribution < -0.4 is 5.32 Å². The first-order chi connectivity index (χ1) is 8.97. The molecule has 3 heteroatoms. The standard InChI is InChI=1S/C16H23N3/c1-11(2)17-10-15-6-7-16(8-12(15)3)19-14(5)9-13(4)18-19/h6-9,11,17H,10H2,1-5H3. The molecule has 2 aromatic rings. The highest BCUT2D eigenvalue weighted by Crippen LogP contribution is 2.16. The van der Waals surface area contributed by atoms with E-state index in [0.29, 0.717) is 6.04 Å². The Balaban J connectivity index is 2.26. The first kappa shape index (κ1) is 13.8. The van der Waals surface area contributed by atoms with Crippen LogP contribution in [0.5, 0.6) is 0 Å². The van der Waals surface area contributed by atoms with Crippen LogP contribution in [0.2, 0.25) is 0 Å². The van der Waals surface area contributed by atoms with Crippen molar-refractivity contribution >= 4 is 0 Å². The van der Waals surface area contributed by atoms with Crippen LogP contribution in [-0.2, 0) is 6.54 Å². The molecule has 0 saturated carbocycles. The van der Waals surface area contributed by atoms with Gasteiger partial charge in [0.05, 0.1) is 11.4 Å². The average Bonchev–Trinajstić information content (AvgIpc) is 2.66. The Hall–Kier alpha value is -1.61. The average molecular weight is 257 g/mol. The maximum atomic E-state index is 4.53. The third-order valence-corrected chi connectivity index (χ3v) is 3.28. The van der Waals surface area contributed by atoms with Gasteiger partial charge in [-0.25, -0.2) is 4.68 Å². The van der Waals surface area contributed by atoms with Crippen molar-refractivity contribution in [3.05, 3.63) is 46.8 Å². The normalized spacial score (nSPS) is 11.3. The molecule has 0 spiro atoms. The van der Waals surface area contributed by atoms with Crippen LogP contribution in [0.4, 0.5) is 0 Å². The highest BCUT2D eigenvalue weighted by atomic mass is 15.3. The number of aryl methyl sites for hydroxylation is 3. The molecule has 2 rings (SSSR count). The Labute approximate surface area is 115 Å². The van der Waals surface area contributed by atoms with Crippen molar-refractivity contribution < 1.29 is 0 Å². The Morgan fingerprint density at radius 3 is 2.42 bits per heavy atom. The molecule has 0 amide bonds. The molecule has 3 nitrogen and oxygen atoms in total. The second-order valence-electron chi connectivity index (χ2n) is 5.49. The van der Waals surface area contributed by atoms with Gasteiger partial charge in [0.15, 0.2) is 0 Å². The van der Waals surface area contributed by atoms with Gasteiger partial charge in [-0.05, 0) is 50.1 Å². The van der Waals surface area contributed by atoms with Gasteiger partial charge >= 0.3 is 0 Å². The van der Waals surface area contributed by atoms with Gasteiger partial charge in [-0.3, -0.25) is 0 Å². The zero-order chi connectivity index (χ0) is 14.0. The Kier molecular flexibility index (Phi) is 4.05. The molecule has 1 heterocycles. The van der Waals surface area contributed by atoms with E-state index in [4.69, 9.17) is 0 Å². The van der Waals surface area contributed by atoms with Gasteiger partial charge in [-0.15, -0.1) is 0 Å². The van der Waals surface area contributed by atoms with Gasteiger partial charge in [0.1, 0.15) is 0 Å². The highest BCUT2D eigenvalue weighted by molar-refractivity contribution is 5.40. The van der Waals surface area contributed by atoms with Gasteiger partial charge in [0, 0.05) is 18.3 Å². The molecule has 0 bridgehead atoms. The molecule has 0 aliphatic heterocycles. The molecule has 0 saturated heterocycles. The fraction of sp³-hybridized carbons (Fsp3) is 0.438. The molecule has 0 unspecified atom stereocenters. The molecule has 1 aromatic carbocycles. The lowest BCUT2D eigenvalue weighted by Gasteiger charge is -2.12. The summed E-state index contributed by atoms with van der Waals surface area (Å²) in [6.45, 7) is 11.5. The largest absolute Gasteiger partial charge is 0.310 e. The van der Waals surface area contributed by atoms with E-state index in [0.717, 1.165) is 17.9 Å². The van der Waals surface area contributed by atoms with Crippen molar-refractivity contribution in [2.75, 3.05) is 0 Å². The molecular formula is C16H23N3. The van der Waals surface area contributed by atoms with Crippen LogP contribution in [0, 0.1) is 20.8 Å². The molecule has 1 aromatic heterocycles. The molecule has 1 N–H and O–H groups in total. The van der Waals surface area contributed by atoms with E-state index in [2.05, 4.69) is 62.4 Å². The van der Waals surface area contributed by atoms with Gasteiger partial charge in [0.25, 0.3) is 0 Å². The van der Waals surface area contributed by atoms with E-state index >= 15 is 0 Å². The number of hydrogen-bond donors (Lipinski definition) is 1. The summed E-state index contributed by atoms with van der Waals surface area (Å²) in [5.41, 5.74) is 6.01. The van der Waals surface area contributed by atoms with Crippen molar-refractivity contribution in [3.63, 3.8) is 0 Å². The molecule has 0 fully saturated rings. The van der Waals surface area contributed by atoms with Gasteiger partial charge in [0.2, 0.25) is 0 Å². The van der Waals surface area contributed by atoms with E-state index in [-0.39, 0.29) is 0 Å². The van der Waals surface area contributed by atoms with Crippen molar-refractivity contribution in [3.8, 4) is 5.69 Å². The summed E-state index contributed by atoms with van der Waals surface area (Å²) in [6.07, 6.45) is 0. The smallest absolute Gasteiger partial charge is 0.0651 e. The van der Waals surface area contributed by atoms with E-state index in [1.54, 1.807) is 0 Å². The van der Waals surface area contributed by atoms with E-state index in [9.17, 15) is 0 Å². The Morgan fingerprint density at radius 2 is 1.89 bits per heavy atom. The monoisotopic (exact) mass is 257 g/mol. The zero-order valence-electron chi connectivity index (χ0n) is 12.5. The third kappa shape index (κ3) is 3.24. The summed E-state index contributed by atoms with van der Waals surface area (Å²) < 4.78 is 2.00. The van der Waals surface area contributed by atoms with Crippen LogP contribution in [0.1, 0.15) is 36.4 Å². The fourth-order valence-corrected chi connectivity index (χ4v) is 2.21. The Bertz CT molecular complexity index is 567. The number of nitrogens with zero attached hydrogens (tertiary/aromatic N) is 2. The van der Waals surface area contributed by atoms with Crippen LogP contribution >= 0.6 is 0 Å². The second-order valence-corrected chi connectivity index (χ2v) is 5.49. The lowest BCUT2D eigenvalue weighted by molar-refractivity contribution is 0.587. The molecule has 0 atom stereocenters. The van der Waals surface area contributed by atoms with E-state index in [1.165, 1.54) is 16.8 Å². The van der Waals surface area contributed by atoms with Crippen LogP contribution in [0.15, 0.2) is 24.3 Å². The summed E-state index contributed by atoms with van der Waals surface area (Å²) in [6, 6.07) is 9.15. The number of benzene rings is 1. The topological polar surface area (TPSA) is 29.9 Å². The minimum Gasteiger partial charge on any atom is -0.310 e. The summed E-state index contributed by atoms with van der Waals surface area (Å²) in [4.78, 5) is 0. The van der Waals surface area contributed by atoms with Crippen molar-refractivity contribution in [1.82, 2.24) is 15.1 Å². The number of rotatable bonds is 4. The summed E-state index contributed by atoms with van der Waals surface area (Å²) in [5, 5.41) is 7.98. The minimum absolute atomic E-state index is 0.509. The summed E-state index contributed by atoms with van der Waals surface area (Å²) in [7, 11) is 0. The van der Waals surface area contributed by atoms with Crippen molar-refractivity contribution in [2.45, 2.75) is 47.2 Å².